The van der Waals surface area contributed by atoms with Gasteiger partial charge in [-0.2, -0.15) is 0 Å². The summed E-state index contributed by atoms with van der Waals surface area (Å²) in [6.07, 6.45) is 3.88. The maximum absolute atomic E-state index is 5.85. The van der Waals surface area contributed by atoms with Crippen molar-refractivity contribution in [2.45, 2.75) is 13.1 Å². The molecule has 1 atom stereocenters. The van der Waals surface area contributed by atoms with Gasteiger partial charge in [-0.05, 0) is 30.3 Å². The van der Waals surface area contributed by atoms with E-state index < -0.39 is 0 Å². The van der Waals surface area contributed by atoms with Crippen LogP contribution in [0.3, 0.4) is 0 Å². The zero-order valence-corrected chi connectivity index (χ0v) is 7.04. The summed E-state index contributed by atoms with van der Waals surface area (Å²) in [6.45, 7) is 2.07. The largest absolute Gasteiger partial charge is 0.372 e. The van der Waals surface area contributed by atoms with E-state index in [0.717, 1.165) is 0 Å². The Balaban J connectivity index is 2.56. The highest BCUT2D eigenvalue weighted by atomic mass is 15.0. The van der Waals surface area contributed by atoms with Gasteiger partial charge < -0.3 is 11.1 Å². The first-order chi connectivity index (χ1) is 5.77. The summed E-state index contributed by atoms with van der Waals surface area (Å²) >= 11 is 0. The minimum Gasteiger partial charge on any atom is -0.372 e. The van der Waals surface area contributed by atoms with Crippen LogP contribution in [0.5, 0.6) is 0 Å². The van der Waals surface area contributed by atoms with Crippen LogP contribution in [0.1, 0.15) is 22.9 Å². The van der Waals surface area contributed by atoms with Crippen molar-refractivity contribution >= 4 is 6.08 Å². The monoisotopic (exact) mass is 160 g/mol. The van der Waals surface area contributed by atoms with Crippen molar-refractivity contribution in [1.29, 1.82) is 0 Å². The molecule has 1 unspecified atom stereocenters. The summed E-state index contributed by atoms with van der Waals surface area (Å²) in [5.74, 6) is 0. The summed E-state index contributed by atoms with van der Waals surface area (Å²) < 4.78 is 0. The number of fused-ring (bicyclic) bond motifs is 1. The van der Waals surface area contributed by atoms with Crippen molar-refractivity contribution in [3.63, 3.8) is 0 Å². The third-order valence-electron chi connectivity index (χ3n) is 2.12. The molecular weight excluding hydrogens is 148 g/mol. The average molecular weight is 160 g/mol. The molecule has 3 N–H and O–H groups in total. The maximum atomic E-state index is 5.85. The number of nitrogens with one attached hydrogen (secondary N) is 1. The molecule has 0 bridgehead atoms. The van der Waals surface area contributed by atoms with Crippen LogP contribution in [0.4, 0.5) is 0 Å². The normalized spacial score (nSPS) is 20.0. The third-order valence-corrected chi connectivity index (χ3v) is 2.12. The van der Waals surface area contributed by atoms with Gasteiger partial charge in [-0.1, -0.05) is 23.8 Å². The Morgan fingerprint density at radius 2 is 2.25 bits per heavy atom. The molecular formula is C10H12N2. The van der Waals surface area contributed by atoms with Crippen molar-refractivity contribution in [2.75, 3.05) is 0 Å². The highest BCUT2D eigenvalue weighted by Gasteiger charge is 2.10. The molecule has 2 rings (SSSR count). The summed E-state index contributed by atoms with van der Waals surface area (Å²) in [4.78, 5) is 0. The van der Waals surface area contributed by atoms with Crippen molar-refractivity contribution in [2.24, 2.45) is 5.73 Å². The first-order valence-corrected chi connectivity index (χ1v) is 4.06. The van der Waals surface area contributed by atoms with Gasteiger partial charge in [0.1, 0.15) is 6.17 Å². The van der Waals surface area contributed by atoms with Crippen molar-refractivity contribution in [3.05, 3.63) is 41.1 Å². The molecule has 0 saturated heterocycles. The van der Waals surface area contributed by atoms with Gasteiger partial charge in [-0.25, -0.2) is 0 Å². The van der Waals surface area contributed by atoms with E-state index in [1.807, 2.05) is 12.3 Å². The van der Waals surface area contributed by atoms with Crippen molar-refractivity contribution < 1.29 is 0 Å². The second-order valence-electron chi connectivity index (χ2n) is 3.11. The van der Waals surface area contributed by atoms with Gasteiger partial charge in [0, 0.05) is 0 Å². The summed E-state index contributed by atoms with van der Waals surface area (Å²) in [5.41, 5.74) is 9.50. The lowest BCUT2D eigenvalue weighted by Crippen LogP contribution is -2.27. The Morgan fingerprint density at radius 3 is 3.08 bits per heavy atom. The van der Waals surface area contributed by atoms with E-state index in [1.165, 1.54) is 16.7 Å². The highest BCUT2D eigenvalue weighted by Crippen LogP contribution is 2.20. The molecule has 1 heterocycles. The lowest BCUT2D eigenvalue weighted by Gasteiger charge is -2.19. The lowest BCUT2D eigenvalue weighted by atomic mass is 10.0. The topological polar surface area (TPSA) is 38.0 Å². The molecule has 1 aromatic rings. The zero-order chi connectivity index (χ0) is 8.55. The summed E-state index contributed by atoms with van der Waals surface area (Å²) in [6, 6.07) is 6.32. The molecule has 0 fully saturated rings. The van der Waals surface area contributed by atoms with Crippen LogP contribution in [0.15, 0.2) is 24.4 Å². The quantitative estimate of drug-likeness (QED) is 0.604. The first-order valence-electron chi connectivity index (χ1n) is 4.06. The molecule has 1 aliphatic heterocycles. The zero-order valence-electron chi connectivity index (χ0n) is 7.04. The second-order valence-corrected chi connectivity index (χ2v) is 3.11. The fourth-order valence-corrected chi connectivity index (χ4v) is 1.45. The van der Waals surface area contributed by atoms with Crippen LogP contribution in [0.2, 0.25) is 0 Å². The van der Waals surface area contributed by atoms with E-state index in [9.17, 15) is 0 Å². The van der Waals surface area contributed by atoms with Gasteiger partial charge in [0.25, 0.3) is 0 Å². The van der Waals surface area contributed by atoms with E-state index in [1.54, 1.807) is 0 Å². The van der Waals surface area contributed by atoms with E-state index in [2.05, 4.69) is 30.4 Å². The SMILES string of the molecule is Cc1ccc2c(c1)C(N)NC=C2. The number of aryl methyl sites for hydroxylation is 1. The number of nitrogens with two attached hydrogens (primary N) is 1. The predicted molar refractivity (Wildman–Crippen MR) is 50.3 cm³/mol. The fraction of sp³-hybridized carbons (Fsp3) is 0.200. The summed E-state index contributed by atoms with van der Waals surface area (Å²) in [5, 5.41) is 3.06. The van der Waals surface area contributed by atoms with E-state index in [-0.39, 0.29) is 6.17 Å². The molecule has 0 aliphatic carbocycles. The molecule has 2 nitrogen and oxygen atoms in total. The predicted octanol–water partition coefficient (Wildman–Crippen LogP) is 1.53. The number of rotatable bonds is 0. The molecule has 62 valence electrons. The highest BCUT2D eigenvalue weighted by molar-refractivity contribution is 5.57. The van der Waals surface area contributed by atoms with Crippen molar-refractivity contribution in [3.8, 4) is 0 Å². The molecule has 0 spiro atoms. The van der Waals surface area contributed by atoms with Crippen molar-refractivity contribution in [1.82, 2.24) is 5.32 Å². The van der Waals surface area contributed by atoms with Gasteiger partial charge in [-0.15, -0.1) is 0 Å². The molecule has 0 aromatic heterocycles. The molecule has 1 aliphatic rings. The van der Waals surface area contributed by atoms with Crippen LogP contribution in [0.25, 0.3) is 6.08 Å². The van der Waals surface area contributed by atoms with Gasteiger partial charge >= 0.3 is 0 Å². The van der Waals surface area contributed by atoms with E-state index in [4.69, 9.17) is 5.73 Å². The molecule has 0 radical (unpaired) electrons. The smallest absolute Gasteiger partial charge is 0.101 e. The number of hydrogen-bond acceptors (Lipinski definition) is 2. The molecule has 0 amide bonds. The third kappa shape index (κ3) is 1.10. The van der Waals surface area contributed by atoms with Crippen LogP contribution in [-0.2, 0) is 0 Å². The number of hydrogen-bond donors (Lipinski definition) is 2. The minimum absolute atomic E-state index is 0.0510. The van der Waals surface area contributed by atoms with Gasteiger partial charge in [-0.3, -0.25) is 0 Å². The van der Waals surface area contributed by atoms with E-state index >= 15 is 0 Å². The minimum atomic E-state index is -0.0510. The Bertz CT molecular complexity index is 329. The van der Waals surface area contributed by atoms with Gasteiger partial charge in [0.05, 0.1) is 0 Å². The van der Waals surface area contributed by atoms with Crippen LogP contribution in [0, 0.1) is 6.92 Å². The summed E-state index contributed by atoms with van der Waals surface area (Å²) in [7, 11) is 0. The average Bonchev–Trinajstić information content (AvgIpc) is 2.07. The standard InChI is InChI=1S/C10H12N2/c1-7-2-3-8-4-5-12-10(11)9(8)6-7/h2-6,10,12H,11H2,1H3. The molecule has 0 saturated carbocycles. The fourth-order valence-electron chi connectivity index (χ4n) is 1.45. The lowest BCUT2D eigenvalue weighted by molar-refractivity contribution is 0.646. The second kappa shape index (κ2) is 2.64. The Kier molecular flexibility index (Phi) is 1.62. The van der Waals surface area contributed by atoms with Gasteiger partial charge in [0.15, 0.2) is 0 Å². The first kappa shape index (κ1) is 7.37. The van der Waals surface area contributed by atoms with Crippen LogP contribution >= 0.6 is 0 Å². The van der Waals surface area contributed by atoms with Crippen LogP contribution in [-0.4, -0.2) is 0 Å². The maximum Gasteiger partial charge on any atom is 0.101 e. The Hall–Kier alpha value is -1.28. The molecule has 1 aromatic carbocycles. The van der Waals surface area contributed by atoms with Gasteiger partial charge in [0.2, 0.25) is 0 Å². The van der Waals surface area contributed by atoms with E-state index in [0.29, 0.717) is 0 Å². The molecule has 12 heavy (non-hydrogen) atoms. The Morgan fingerprint density at radius 1 is 1.42 bits per heavy atom. The van der Waals surface area contributed by atoms with Crippen LogP contribution < -0.4 is 11.1 Å². The Labute approximate surface area is 72.1 Å². The number of benzene rings is 1. The molecule has 2 heteroatoms.